The van der Waals surface area contributed by atoms with Gasteiger partial charge in [0.2, 0.25) is 5.91 Å². The molecule has 0 aliphatic heterocycles. The Labute approximate surface area is 216 Å². The van der Waals surface area contributed by atoms with E-state index >= 15 is 0 Å². The quantitative estimate of drug-likeness (QED) is 0.297. The fourth-order valence-electron chi connectivity index (χ4n) is 5.27. The van der Waals surface area contributed by atoms with Gasteiger partial charge in [0, 0.05) is 13.0 Å². The van der Waals surface area contributed by atoms with Crippen molar-refractivity contribution in [1.29, 1.82) is 0 Å². The van der Waals surface area contributed by atoms with Crippen LogP contribution in [0.15, 0.2) is 60.7 Å². The Morgan fingerprint density at radius 3 is 2.35 bits per heavy atom. The number of unbranched alkanes of at least 4 members (excludes halogenated alkanes) is 1. The third-order valence-corrected chi connectivity index (χ3v) is 7.14. The summed E-state index contributed by atoms with van der Waals surface area (Å²) in [6.45, 7) is 2.66. The van der Waals surface area contributed by atoms with Gasteiger partial charge in [-0.05, 0) is 77.8 Å². The average molecular weight is 504 g/mol. The van der Waals surface area contributed by atoms with E-state index in [1.54, 1.807) is 23.1 Å². The lowest BCUT2D eigenvalue weighted by Crippen LogP contribution is -2.46. The molecule has 1 saturated carbocycles. The molecule has 7 heteroatoms. The SMILES string of the molecule is CCCCC(=O)N(Cc1ccc2cc(-c3ccccc3C(=O)O)ccc2c1)CC1(OC(=O)O)CCCC1. The Morgan fingerprint density at radius 2 is 1.65 bits per heavy atom. The van der Waals surface area contributed by atoms with Crippen LogP contribution in [-0.4, -0.2) is 45.3 Å². The molecule has 2 N–H and O–H groups in total. The molecule has 4 rings (SSSR count). The molecule has 37 heavy (non-hydrogen) atoms. The molecule has 3 aromatic rings. The van der Waals surface area contributed by atoms with Gasteiger partial charge in [0.05, 0.1) is 12.1 Å². The van der Waals surface area contributed by atoms with E-state index in [0.29, 0.717) is 31.4 Å². The molecule has 0 unspecified atom stereocenters. The zero-order valence-electron chi connectivity index (χ0n) is 21.1. The summed E-state index contributed by atoms with van der Waals surface area (Å²) in [5.41, 5.74) is 1.83. The number of amides is 1. The van der Waals surface area contributed by atoms with E-state index in [0.717, 1.165) is 47.6 Å². The first-order chi connectivity index (χ1) is 17.8. The third kappa shape index (κ3) is 6.28. The number of benzene rings is 3. The van der Waals surface area contributed by atoms with Crippen LogP contribution in [0.3, 0.4) is 0 Å². The number of carboxylic acid groups (broad SMARTS) is 2. The second kappa shape index (κ2) is 11.5. The van der Waals surface area contributed by atoms with Gasteiger partial charge in [0.1, 0.15) is 5.60 Å². The van der Waals surface area contributed by atoms with Crippen LogP contribution in [0.2, 0.25) is 0 Å². The zero-order chi connectivity index (χ0) is 26.4. The van der Waals surface area contributed by atoms with Crippen molar-refractivity contribution in [2.45, 2.75) is 64.0 Å². The highest BCUT2D eigenvalue weighted by Crippen LogP contribution is 2.35. The van der Waals surface area contributed by atoms with Crippen molar-refractivity contribution in [2.75, 3.05) is 6.54 Å². The van der Waals surface area contributed by atoms with Gasteiger partial charge in [-0.2, -0.15) is 0 Å². The van der Waals surface area contributed by atoms with Gasteiger partial charge in [0.15, 0.2) is 0 Å². The lowest BCUT2D eigenvalue weighted by molar-refractivity contribution is -0.136. The topological polar surface area (TPSA) is 104 Å². The lowest BCUT2D eigenvalue weighted by atomic mass is 9.96. The Balaban J connectivity index is 1.60. The van der Waals surface area contributed by atoms with Gasteiger partial charge in [-0.1, -0.05) is 55.8 Å². The maximum absolute atomic E-state index is 13.1. The number of aromatic carboxylic acids is 1. The molecule has 1 aliphatic carbocycles. The van der Waals surface area contributed by atoms with Gasteiger partial charge in [0.25, 0.3) is 0 Å². The summed E-state index contributed by atoms with van der Waals surface area (Å²) in [5.74, 6) is -0.964. The molecular weight excluding hydrogens is 470 g/mol. The normalized spacial score (nSPS) is 14.4. The van der Waals surface area contributed by atoms with Crippen molar-refractivity contribution in [2.24, 2.45) is 0 Å². The number of carboxylic acids is 1. The van der Waals surface area contributed by atoms with Crippen LogP contribution < -0.4 is 0 Å². The predicted octanol–water partition coefficient (Wildman–Crippen LogP) is 6.73. The van der Waals surface area contributed by atoms with Crippen LogP contribution in [0.5, 0.6) is 0 Å². The van der Waals surface area contributed by atoms with E-state index in [9.17, 15) is 24.6 Å². The lowest BCUT2D eigenvalue weighted by Gasteiger charge is -2.34. The molecule has 3 aromatic carbocycles. The summed E-state index contributed by atoms with van der Waals surface area (Å²) in [7, 11) is 0. The van der Waals surface area contributed by atoms with Crippen molar-refractivity contribution < 1.29 is 29.3 Å². The van der Waals surface area contributed by atoms with Crippen LogP contribution in [0, 0.1) is 0 Å². The smallest absolute Gasteiger partial charge is 0.478 e. The van der Waals surface area contributed by atoms with Crippen molar-refractivity contribution in [3.63, 3.8) is 0 Å². The Hall–Kier alpha value is -3.87. The Kier molecular flexibility index (Phi) is 8.11. The van der Waals surface area contributed by atoms with E-state index in [1.165, 1.54) is 0 Å². The van der Waals surface area contributed by atoms with Crippen molar-refractivity contribution in [3.8, 4) is 11.1 Å². The molecule has 1 fully saturated rings. The van der Waals surface area contributed by atoms with Crippen LogP contribution in [0.4, 0.5) is 4.79 Å². The van der Waals surface area contributed by atoms with Gasteiger partial charge in [-0.25, -0.2) is 9.59 Å². The van der Waals surface area contributed by atoms with Crippen LogP contribution in [0.1, 0.15) is 67.8 Å². The van der Waals surface area contributed by atoms with Gasteiger partial charge < -0.3 is 19.8 Å². The zero-order valence-corrected chi connectivity index (χ0v) is 21.1. The first kappa shape index (κ1) is 26.2. The highest BCUT2D eigenvalue weighted by atomic mass is 16.7. The molecule has 194 valence electrons. The predicted molar refractivity (Wildman–Crippen MR) is 142 cm³/mol. The third-order valence-electron chi connectivity index (χ3n) is 7.14. The van der Waals surface area contributed by atoms with Gasteiger partial charge >= 0.3 is 12.1 Å². The second-order valence-corrected chi connectivity index (χ2v) is 9.86. The molecule has 0 radical (unpaired) electrons. The molecule has 1 aliphatic rings. The first-order valence-corrected chi connectivity index (χ1v) is 12.9. The fourth-order valence-corrected chi connectivity index (χ4v) is 5.27. The summed E-state index contributed by atoms with van der Waals surface area (Å²) in [4.78, 5) is 38.0. The monoisotopic (exact) mass is 503 g/mol. The summed E-state index contributed by atoms with van der Waals surface area (Å²) >= 11 is 0. The Bertz CT molecular complexity index is 1290. The van der Waals surface area contributed by atoms with Crippen LogP contribution in [0.25, 0.3) is 21.9 Å². The first-order valence-electron chi connectivity index (χ1n) is 12.9. The van der Waals surface area contributed by atoms with Crippen LogP contribution in [-0.2, 0) is 16.1 Å². The summed E-state index contributed by atoms with van der Waals surface area (Å²) in [5, 5.41) is 20.8. The van der Waals surface area contributed by atoms with E-state index < -0.39 is 17.7 Å². The highest BCUT2D eigenvalue weighted by molar-refractivity contribution is 5.98. The number of ether oxygens (including phenoxy) is 1. The molecule has 0 saturated heterocycles. The van der Waals surface area contributed by atoms with E-state index in [4.69, 9.17) is 4.74 Å². The minimum absolute atomic E-state index is 0.00263. The molecule has 0 atom stereocenters. The summed E-state index contributed by atoms with van der Waals surface area (Å²) < 4.78 is 5.35. The van der Waals surface area contributed by atoms with Crippen molar-refractivity contribution in [1.82, 2.24) is 4.90 Å². The molecule has 0 aromatic heterocycles. The van der Waals surface area contributed by atoms with E-state index in [1.807, 2.05) is 49.4 Å². The number of fused-ring (bicyclic) bond motifs is 1. The van der Waals surface area contributed by atoms with Gasteiger partial charge in [-0.15, -0.1) is 0 Å². The molecule has 1 amide bonds. The molecule has 0 heterocycles. The maximum Gasteiger partial charge on any atom is 0.506 e. The standard InChI is InChI=1S/C30H33NO6/c1-2-3-10-27(32)31(20-30(37-29(35)36)15-6-7-16-30)19-21-11-12-23-18-24(14-13-22(23)17-21)25-8-4-5-9-26(25)28(33)34/h4-5,8-9,11-14,17-18H,2-3,6-7,10,15-16,19-20H2,1H3,(H,33,34)(H,35,36). The van der Waals surface area contributed by atoms with Gasteiger partial charge in [-0.3, -0.25) is 4.79 Å². The maximum atomic E-state index is 13.1. The number of nitrogens with zero attached hydrogens (tertiary/aromatic N) is 1. The van der Waals surface area contributed by atoms with Crippen molar-refractivity contribution >= 4 is 28.8 Å². The number of hydrogen-bond donors (Lipinski definition) is 2. The average Bonchev–Trinajstić information content (AvgIpc) is 3.33. The summed E-state index contributed by atoms with van der Waals surface area (Å²) in [6.07, 6.45) is 3.81. The largest absolute Gasteiger partial charge is 0.506 e. The highest BCUT2D eigenvalue weighted by Gasteiger charge is 2.40. The fraction of sp³-hybridized carbons (Fsp3) is 0.367. The number of carbonyl (C=O) groups is 3. The van der Waals surface area contributed by atoms with Crippen molar-refractivity contribution in [3.05, 3.63) is 71.8 Å². The van der Waals surface area contributed by atoms with Crippen LogP contribution >= 0.6 is 0 Å². The molecular formula is C30H33NO6. The number of rotatable bonds is 10. The van der Waals surface area contributed by atoms with E-state index in [2.05, 4.69) is 0 Å². The Morgan fingerprint density at radius 1 is 0.946 bits per heavy atom. The minimum Gasteiger partial charge on any atom is -0.478 e. The molecule has 0 spiro atoms. The second-order valence-electron chi connectivity index (χ2n) is 9.86. The number of carbonyl (C=O) groups excluding carboxylic acids is 1. The van der Waals surface area contributed by atoms with E-state index in [-0.39, 0.29) is 18.0 Å². The number of hydrogen-bond acceptors (Lipinski definition) is 4. The summed E-state index contributed by atoms with van der Waals surface area (Å²) in [6, 6.07) is 18.8. The molecule has 7 nitrogen and oxygen atoms in total. The molecule has 0 bridgehead atoms. The minimum atomic E-state index is -1.30.